The lowest BCUT2D eigenvalue weighted by atomic mass is 9.71. The Bertz CT molecular complexity index is 1830. The number of benzene rings is 2. The number of carboxylic acid groups (broad SMARTS) is 1. The Labute approximate surface area is 298 Å². The molecule has 51 heavy (non-hydrogen) atoms. The first kappa shape index (κ1) is 35.5. The normalized spacial score (nSPS) is 18.8. The molecule has 2 heterocycles. The molecule has 2 aliphatic carbocycles. The van der Waals surface area contributed by atoms with E-state index in [9.17, 15) is 19.5 Å². The van der Waals surface area contributed by atoms with Gasteiger partial charge < -0.3 is 19.2 Å². The highest BCUT2D eigenvalue weighted by atomic mass is 16.5. The van der Waals surface area contributed by atoms with Gasteiger partial charge in [-0.2, -0.15) is 0 Å². The topological polar surface area (TPSA) is 148 Å². The molecule has 0 saturated heterocycles. The monoisotopic (exact) mass is 691 g/mol. The van der Waals surface area contributed by atoms with E-state index in [2.05, 4.69) is 33.3 Å². The Balaban J connectivity index is 1.03. The highest BCUT2D eigenvalue weighted by Gasteiger charge is 2.28. The number of anilines is 1. The summed E-state index contributed by atoms with van der Waals surface area (Å²) >= 11 is 0. The highest BCUT2D eigenvalue weighted by Crippen LogP contribution is 2.41. The summed E-state index contributed by atoms with van der Waals surface area (Å²) in [5.74, 6) is 1.43. The summed E-state index contributed by atoms with van der Waals surface area (Å²) in [6.45, 7) is 1.78. The number of allylic oxidation sites excluding steroid dienone is 2. The molecule has 0 radical (unpaired) electrons. The minimum atomic E-state index is -1.18. The Hall–Kier alpha value is -5.32. The molecule has 1 saturated carbocycles. The molecule has 2 aromatic carbocycles. The quantitative estimate of drug-likeness (QED) is 0.146. The minimum Gasteiger partial charge on any atom is -0.497 e. The zero-order chi connectivity index (χ0) is 35.7. The fourth-order valence-electron chi connectivity index (χ4n) is 7.28. The molecule has 6 rings (SSSR count). The lowest BCUT2D eigenvalue weighted by Crippen LogP contribution is -2.35. The average Bonchev–Trinajstić information content (AvgIpc) is 3.63. The maximum atomic E-state index is 13.3. The predicted molar refractivity (Wildman–Crippen MR) is 193 cm³/mol. The molecule has 266 valence electrons. The van der Waals surface area contributed by atoms with Crippen LogP contribution in [0, 0.1) is 17.8 Å². The molecule has 2 N–H and O–H groups in total. The number of nitrogens with zero attached hydrogens (tertiary/aromatic N) is 4. The molecule has 1 unspecified atom stereocenters. The van der Waals surface area contributed by atoms with Gasteiger partial charge in [0.2, 0.25) is 11.7 Å². The van der Waals surface area contributed by atoms with Crippen LogP contribution in [0.4, 0.5) is 6.01 Å². The number of hydrogen-bond acceptors (Lipinski definition) is 8. The van der Waals surface area contributed by atoms with Crippen LogP contribution in [0.2, 0.25) is 0 Å². The molecule has 0 spiro atoms. The third kappa shape index (κ3) is 9.27. The number of carboxylic acids is 1. The zero-order valence-corrected chi connectivity index (χ0v) is 29.2. The van der Waals surface area contributed by atoms with Crippen LogP contribution < -0.4 is 10.1 Å². The molecule has 2 amide bonds. The number of carbonyl (C=O) groups is 3. The van der Waals surface area contributed by atoms with E-state index in [0.717, 1.165) is 52.2 Å². The van der Waals surface area contributed by atoms with Crippen molar-refractivity contribution in [2.75, 3.05) is 19.0 Å². The van der Waals surface area contributed by atoms with Gasteiger partial charge in [-0.05, 0) is 78.7 Å². The summed E-state index contributed by atoms with van der Waals surface area (Å²) < 4.78 is 10.6. The van der Waals surface area contributed by atoms with Crippen molar-refractivity contribution in [1.29, 1.82) is 0 Å². The molecule has 2 aromatic heterocycles. The number of ether oxygens (including phenoxy) is 1. The van der Waals surface area contributed by atoms with Crippen molar-refractivity contribution in [1.82, 2.24) is 19.9 Å². The summed E-state index contributed by atoms with van der Waals surface area (Å²) in [4.78, 5) is 51.9. The van der Waals surface area contributed by atoms with E-state index < -0.39 is 18.4 Å². The van der Waals surface area contributed by atoms with E-state index >= 15 is 0 Å². The molecule has 2 aliphatic rings. The third-order valence-electron chi connectivity index (χ3n) is 10.3. The van der Waals surface area contributed by atoms with Gasteiger partial charge in [0, 0.05) is 30.1 Å². The van der Waals surface area contributed by atoms with Crippen LogP contribution in [0.3, 0.4) is 0 Å². The Morgan fingerprint density at radius 2 is 1.59 bits per heavy atom. The lowest BCUT2D eigenvalue weighted by molar-refractivity contribution is -0.137. The largest absolute Gasteiger partial charge is 0.497 e. The van der Waals surface area contributed by atoms with Crippen molar-refractivity contribution in [3.05, 3.63) is 95.6 Å². The van der Waals surface area contributed by atoms with Crippen LogP contribution in [0.25, 0.3) is 17.0 Å². The number of methoxy groups -OCH3 is 1. The van der Waals surface area contributed by atoms with E-state index in [0.29, 0.717) is 17.1 Å². The van der Waals surface area contributed by atoms with Gasteiger partial charge in [-0.1, -0.05) is 68.7 Å². The van der Waals surface area contributed by atoms with Crippen molar-refractivity contribution in [3.63, 3.8) is 0 Å². The number of oxazole rings is 1. The van der Waals surface area contributed by atoms with Gasteiger partial charge in [-0.25, -0.2) is 15.0 Å². The minimum absolute atomic E-state index is 0.0141. The predicted octanol–water partition coefficient (Wildman–Crippen LogP) is 7.45. The van der Waals surface area contributed by atoms with Crippen LogP contribution >= 0.6 is 0 Å². The second-order valence-corrected chi connectivity index (χ2v) is 13.6. The molecule has 11 heteroatoms. The number of nitrogens with one attached hydrogen (secondary N) is 1. The fourth-order valence-corrected chi connectivity index (χ4v) is 7.28. The van der Waals surface area contributed by atoms with Gasteiger partial charge in [-0.3, -0.25) is 19.7 Å². The van der Waals surface area contributed by atoms with Gasteiger partial charge >= 0.3 is 12.0 Å². The number of aromatic nitrogens is 3. The second-order valence-electron chi connectivity index (χ2n) is 13.6. The zero-order valence-electron chi connectivity index (χ0n) is 29.2. The number of carbonyl (C=O) groups excluding carboxylic acids is 2. The Kier molecular flexibility index (Phi) is 11.6. The Morgan fingerprint density at radius 1 is 0.882 bits per heavy atom. The molecular formula is C40H45N5O6. The van der Waals surface area contributed by atoms with E-state index in [1.165, 1.54) is 50.3 Å². The fraction of sp³-hybridized carbons (Fsp3) is 0.400. The summed E-state index contributed by atoms with van der Waals surface area (Å²) in [6, 6.07) is 14.2. The third-order valence-corrected chi connectivity index (χ3v) is 10.3. The number of amides is 2. The molecule has 0 bridgehead atoms. The van der Waals surface area contributed by atoms with Crippen molar-refractivity contribution in [2.24, 2.45) is 17.8 Å². The van der Waals surface area contributed by atoms with Crippen LogP contribution in [-0.2, 0) is 22.6 Å². The summed E-state index contributed by atoms with van der Waals surface area (Å²) in [5, 5.41) is 12.1. The lowest BCUT2D eigenvalue weighted by Gasteiger charge is -2.35. The van der Waals surface area contributed by atoms with Gasteiger partial charge in [0.25, 0.3) is 5.91 Å². The van der Waals surface area contributed by atoms with Gasteiger partial charge in [0.05, 0.1) is 19.7 Å². The van der Waals surface area contributed by atoms with E-state index in [-0.39, 0.29) is 30.6 Å². The summed E-state index contributed by atoms with van der Waals surface area (Å²) in [7, 11) is 1.56. The van der Waals surface area contributed by atoms with Crippen molar-refractivity contribution >= 4 is 29.4 Å². The molecule has 1 fully saturated rings. The van der Waals surface area contributed by atoms with Crippen molar-refractivity contribution in [2.45, 2.75) is 71.3 Å². The van der Waals surface area contributed by atoms with Crippen LogP contribution in [0.5, 0.6) is 5.75 Å². The van der Waals surface area contributed by atoms with Crippen molar-refractivity contribution < 1.29 is 28.6 Å². The standard InChI is InChI=1S/C40H45N5O6/c1-3-26-4-10-29(11-5-26)30-14-16-31(17-15-30)33-21-41-38(42-22-33)32-12-6-28(7-13-32)24-45(25-37(47)48)39(49)35-23-43-40(51-35)44-36(46)20-27-8-18-34(50-2)19-9-27/h6-9,12-13,16,18-19,21-23,26,29-30H,3-5,10-11,14-15,17,20,24-25H2,1-2H3,(H,47,48)(H,43,44,46). The van der Waals surface area contributed by atoms with Crippen molar-refractivity contribution in [3.8, 4) is 17.1 Å². The van der Waals surface area contributed by atoms with Crippen LogP contribution in [0.1, 0.15) is 85.5 Å². The average molecular weight is 692 g/mol. The van der Waals surface area contributed by atoms with Crippen LogP contribution in [-0.4, -0.2) is 56.4 Å². The second kappa shape index (κ2) is 16.6. The van der Waals surface area contributed by atoms with E-state index in [1.807, 2.05) is 36.7 Å². The first-order valence-electron chi connectivity index (χ1n) is 17.8. The SMILES string of the molecule is CCC1CCC(C2CC=C(c3cnc(-c4ccc(CN(CC(=O)O)C(=O)c5cnc(NC(=O)Cc6ccc(OC)cc6)o5)cc4)nc3)CC2)CC1. The van der Waals surface area contributed by atoms with Gasteiger partial charge in [0.15, 0.2) is 5.82 Å². The maximum Gasteiger partial charge on any atom is 0.323 e. The summed E-state index contributed by atoms with van der Waals surface area (Å²) in [6.07, 6.45) is 17.7. The van der Waals surface area contributed by atoms with Crippen LogP contribution in [0.15, 0.2) is 77.6 Å². The molecule has 4 aromatic rings. The number of aliphatic carboxylic acids is 1. The molecule has 0 aliphatic heterocycles. The first-order valence-corrected chi connectivity index (χ1v) is 17.8. The Morgan fingerprint density at radius 3 is 2.22 bits per heavy atom. The maximum absolute atomic E-state index is 13.3. The van der Waals surface area contributed by atoms with Gasteiger partial charge in [-0.15, -0.1) is 0 Å². The van der Waals surface area contributed by atoms with E-state index in [4.69, 9.17) is 9.15 Å². The van der Waals surface area contributed by atoms with Gasteiger partial charge in [0.1, 0.15) is 12.3 Å². The highest BCUT2D eigenvalue weighted by molar-refractivity contribution is 5.94. The molecular weight excluding hydrogens is 646 g/mol. The first-order chi connectivity index (χ1) is 24.8. The molecule has 1 atom stereocenters. The number of rotatable bonds is 13. The number of hydrogen-bond donors (Lipinski definition) is 2. The van der Waals surface area contributed by atoms with E-state index in [1.54, 1.807) is 31.4 Å². The smallest absolute Gasteiger partial charge is 0.323 e. The molecule has 11 nitrogen and oxygen atoms in total. The summed E-state index contributed by atoms with van der Waals surface area (Å²) in [5.41, 5.74) is 4.67.